The maximum atomic E-state index is 5.76. The van der Waals surface area contributed by atoms with E-state index in [4.69, 9.17) is 18.3 Å². The van der Waals surface area contributed by atoms with E-state index in [1.807, 2.05) is 74.5 Å². The van der Waals surface area contributed by atoms with Gasteiger partial charge in [0.05, 0.1) is 12.5 Å². The first-order valence-corrected chi connectivity index (χ1v) is 12.6. The molecule has 0 spiro atoms. The molecule has 0 unspecified atom stereocenters. The van der Waals surface area contributed by atoms with Gasteiger partial charge in [-0.1, -0.05) is 31.9 Å². The zero-order chi connectivity index (χ0) is 25.1. The van der Waals surface area contributed by atoms with Crippen LogP contribution in [0.5, 0.6) is 23.3 Å². The number of halogens is 2. The van der Waals surface area contributed by atoms with Gasteiger partial charge < -0.3 is 18.3 Å². The normalized spacial score (nSPS) is 10.8. The van der Waals surface area contributed by atoms with Crippen molar-refractivity contribution in [1.82, 2.24) is 9.97 Å². The van der Waals surface area contributed by atoms with E-state index in [2.05, 4.69) is 41.8 Å². The van der Waals surface area contributed by atoms with Crippen LogP contribution in [0.25, 0.3) is 21.9 Å². The third-order valence-electron chi connectivity index (χ3n) is 5.36. The van der Waals surface area contributed by atoms with Crippen molar-refractivity contribution in [3.8, 4) is 23.3 Å². The molecular formula is C28H20Br2N2O4. The monoisotopic (exact) mass is 606 g/mol. The van der Waals surface area contributed by atoms with Crippen molar-refractivity contribution in [3.05, 3.63) is 106 Å². The van der Waals surface area contributed by atoms with E-state index in [1.165, 1.54) is 0 Å². The summed E-state index contributed by atoms with van der Waals surface area (Å²) >= 11 is 6.92. The number of nitrogens with zero attached hydrogens (tertiary/aromatic N) is 2. The molecule has 0 fully saturated rings. The van der Waals surface area contributed by atoms with Crippen molar-refractivity contribution in [2.45, 2.75) is 13.8 Å². The summed E-state index contributed by atoms with van der Waals surface area (Å²) in [6.07, 6.45) is 6.68. The minimum atomic E-state index is 0.485. The molecule has 0 aliphatic rings. The van der Waals surface area contributed by atoms with Gasteiger partial charge >= 0.3 is 0 Å². The van der Waals surface area contributed by atoms with Crippen LogP contribution >= 0.6 is 31.9 Å². The molecule has 6 aromatic rings. The molecule has 0 amide bonds. The molecular weight excluding hydrogens is 588 g/mol. The molecule has 180 valence electrons. The van der Waals surface area contributed by atoms with Crippen LogP contribution in [0.1, 0.15) is 11.1 Å². The van der Waals surface area contributed by atoms with Gasteiger partial charge in [0.2, 0.25) is 0 Å². The quantitative estimate of drug-likeness (QED) is 0.199. The highest BCUT2D eigenvalue weighted by Gasteiger charge is 2.09. The SMILES string of the molecule is Cc1cc(Oc2nccc3ccoc23)ccc1Br.Cc1cc(Oc2nccc3ccoc23)ccc1Br. The van der Waals surface area contributed by atoms with Gasteiger partial charge in [-0.2, -0.15) is 0 Å². The molecule has 0 aliphatic carbocycles. The van der Waals surface area contributed by atoms with Gasteiger partial charge in [0.25, 0.3) is 11.8 Å². The largest absolute Gasteiger partial charge is 0.459 e. The fraction of sp³-hybridized carbons (Fsp3) is 0.0714. The molecule has 6 rings (SSSR count). The number of furan rings is 2. The summed E-state index contributed by atoms with van der Waals surface area (Å²) in [5.74, 6) is 2.46. The lowest BCUT2D eigenvalue weighted by molar-refractivity contribution is 0.453. The zero-order valence-electron chi connectivity index (χ0n) is 19.4. The summed E-state index contributed by atoms with van der Waals surface area (Å²) in [6.45, 7) is 4.02. The van der Waals surface area contributed by atoms with E-state index in [-0.39, 0.29) is 0 Å². The smallest absolute Gasteiger partial charge is 0.263 e. The van der Waals surface area contributed by atoms with E-state index >= 15 is 0 Å². The van der Waals surface area contributed by atoms with E-state index in [0.29, 0.717) is 22.9 Å². The Hall–Kier alpha value is -3.62. The molecule has 6 nitrogen and oxygen atoms in total. The molecule has 8 heteroatoms. The molecule has 36 heavy (non-hydrogen) atoms. The first-order chi connectivity index (χ1) is 17.5. The zero-order valence-corrected chi connectivity index (χ0v) is 22.5. The summed E-state index contributed by atoms with van der Waals surface area (Å²) in [7, 11) is 0. The lowest BCUT2D eigenvalue weighted by Gasteiger charge is -2.06. The van der Waals surface area contributed by atoms with Crippen LogP contribution in [0.3, 0.4) is 0 Å². The Bertz CT molecular complexity index is 1540. The van der Waals surface area contributed by atoms with Crippen molar-refractivity contribution >= 4 is 53.8 Å². The predicted molar refractivity (Wildman–Crippen MR) is 146 cm³/mol. The topological polar surface area (TPSA) is 70.5 Å². The summed E-state index contributed by atoms with van der Waals surface area (Å²) in [6, 6.07) is 19.1. The second-order valence-electron chi connectivity index (χ2n) is 7.94. The molecule has 0 bridgehead atoms. The van der Waals surface area contributed by atoms with Crippen molar-refractivity contribution in [3.63, 3.8) is 0 Å². The molecule has 4 heterocycles. The molecule has 0 aliphatic heterocycles. The summed E-state index contributed by atoms with van der Waals surface area (Å²) in [5, 5.41) is 1.96. The standard InChI is InChI=1S/2C14H10BrNO2/c2*1-9-8-11(2-3-12(9)15)18-14-13-10(4-6-16-14)5-7-17-13/h2*2-8H,1H3. The lowest BCUT2D eigenvalue weighted by Crippen LogP contribution is -1.88. The minimum absolute atomic E-state index is 0.485. The molecule has 0 radical (unpaired) electrons. The van der Waals surface area contributed by atoms with Crippen LogP contribution in [0.2, 0.25) is 0 Å². The Morgan fingerprint density at radius 2 is 1.06 bits per heavy atom. The van der Waals surface area contributed by atoms with Crippen molar-refractivity contribution in [1.29, 1.82) is 0 Å². The molecule has 0 atom stereocenters. The number of aryl methyl sites for hydroxylation is 2. The first-order valence-electron chi connectivity index (χ1n) is 11.0. The Morgan fingerprint density at radius 3 is 1.47 bits per heavy atom. The van der Waals surface area contributed by atoms with Gasteiger partial charge in [0.15, 0.2) is 11.2 Å². The van der Waals surface area contributed by atoms with E-state index in [9.17, 15) is 0 Å². The van der Waals surface area contributed by atoms with Crippen molar-refractivity contribution in [2.24, 2.45) is 0 Å². The minimum Gasteiger partial charge on any atom is -0.459 e. The Labute approximate surface area is 224 Å². The second-order valence-corrected chi connectivity index (χ2v) is 9.64. The number of fused-ring (bicyclic) bond motifs is 2. The van der Waals surface area contributed by atoms with E-state index < -0.39 is 0 Å². The number of pyridine rings is 2. The van der Waals surface area contributed by atoms with Gasteiger partial charge in [-0.05, 0) is 85.6 Å². The average molecular weight is 608 g/mol. The fourth-order valence-electron chi connectivity index (χ4n) is 3.47. The molecule has 0 saturated heterocycles. The molecule has 2 aromatic carbocycles. The number of benzene rings is 2. The maximum Gasteiger partial charge on any atom is 0.263 e. The number of rotatable bonds is 4. The van der Waals surface area contributed by atoms with Gasteiger partial charge in [0, 0.05) is 32.1 Å². The van der Waals surface area contributed by atoms with Gasteiger partial charge in [-0.15, -0.1) is 0 Å². The lowest BCUT2D eigenvalue weighted by atomic mass is 10.2. The first kappa shape index (κ1) is 24.1. The third-order valence-corrected chi connectivity index (χ3v) is 7.14. The van der Waals surface area contributed by atoms with Crippen LogP contribution in [-0.2, 0) is 0 Å². The highest BCUT2D eigenvalue weighted by Crippen LogP contribution is 2.31. The molecule has 0 N–H and O–H groups in total. The van der Waals surface area contributed by atoms with E-state index in [0.717, 1.165) is 42.3 Å². The average Bonchev–Trinajstić information content (AvgIpc) is 3.55. The maximum absolute atomic E-state index is 5.76. The fourth-order valence-corrected chi connectivity index (χ4v) is 3.96. The van der Waals surface area contributed by atoms with Crippen LogP contribution in [0, 0.1) is 13.8 Å². The predicted octanol–water partition coefficient (Wildman–Crippen LogP) is 9.38. The Kier molecular flexibility index (Phi) is 7.06. The van der Waals surface area contributed by atoms with Gasteiger partial charge in [-0.3, -0.25) is 0 Å². The molecule has 4 aromatic heterocycles. The van der Waals surface area contributed by atoms with Crippen molar-refractivity contribution in [2.75, 3.05) is 0 Å². The number of hydrogen-bond donors (Lipinski definition) is 0. The third kappa shape index (κ3) is 5.29. The molecule has 0 saturated carbocycles. The van der Waals surface area contributed by atoms with Crippen molar-refractivity contribution < 1.29 is 18.3 Å². The van der Waals surface area contributed by atoms with Gasteiger partial charge in [0.1, 0.15) is 11.5 Å². The Balaban J connectivity index is 0.000000148. The van der Waals surface area contributed by atoms with Crippen LogP contribution in [0.4, 0.5) is 0 Å². The van der Waals surface area contributed by atoms with Crippen LogP contribution in [-0.4, -0.2) is 9.97 Å². The van der Waals surface area contributed by atoms with E-state index in [1.54, 1.807) is 24.9 Å². The number of hydrogen-bond acceptors (Lipinski definition) is 6. The van der Waals surface area contributed by atoms with Gasteiger partial charge in [-0.25, -0.2) is 9.97 Å². The summed E-state index contributed by atoms with van der Waals surface area (Å²) < 4.78 is 24.4. The summed E-state index contributed by atoms with van der Waals surface area (Å²) in [5.41, 5.74) is 3.55. The number of ether oxygens (including phenoxy) is 2. The summed E-state index contributed by atoms with van der Waals surface area (Å²) in [4.78, 5) is 8.40. The highest BCUT2D eigenvalue weighted by molar-refractivity contribution is 9.10. The van der Waals surface area contributed by atoms with Crippen LogP contribution < -0.4 is 9.47 Å². The van der Waals surface area contributed by atoms with Crippen LogP contribution in [0.15, 0.2) is 103 Å². The number of aromatic nitrogens is 2. The highest BCUT2D eigenvalue weighted by atomic mass is 79.9. The Morgan fingerprint density at radius 1 is 0.611 bits per heavy atom. The second kappa shape index (κ2) is 10.6.